The molecule has 0 saturated carbocycles. The number of amides is 4. The predicted molar refractivity (Wildman–Crippen MR) is 87.3 cm³/mol. The fraction of sp³-hybridized carbons (Fsp3) is 0.375. The third-order valence-corrected chi connectivity index (χ3v) is 3.98. The summed E-state index contributed by atoms with van der Waals surface area (Å²) in [6.45, 7) is 2.78. The number of primary amides is 1. The number of rotatable bonds is 3. The molecule has 4 amide bonds. The van der Waals surface area contributed by atoms with Gasteiger partial charge in [0.15, 0.2) is 5.82 Å². The Balaban J connectivity index is 1.92. The smallest absolute Gasteiger partial charge is 0.365 e. The fourth-order valence-electron chi connectivity index (χ4n) is 2.95. The van der Waals surface area contributed by atoms with Crippen molar-refractivity contribution < 1.29 is 14.4 Å². The third kappa shape index (κ3) is 3.33. The van der Waals surface area contributed by atoms with Crippen LogP contribution in [0.25, 0.3) is 0 Å². The predicted octanol–water partition coefficient (Wildman–Crippen LogP) is -1.34. The summed E-state index contributed by atoms with van der Waals surface area (Å²) in [5.41, 5.74) is 5.36. The van der Waals surface area contributed by atoms with E-state index in [0.29, 0.717) is 18.9 Å². The lowest BCUT2D eigenvalue weighted by Gasteiger charge is -2.33. The number of carbonyl (C=O) groups is 3. The van der Waals surface area contributed by atoms with E-state index in [9.17, 15) is 14.4 Å². The fourth-order valence-corrected chi connectivity index (χ4v) is 2.95. The Morgan fingerprint density at radius 1 is 1.36 bits per heavy atom. The molecule has 1 atom stereocenters. The average molecular weight is 340 g/mol. The molecule has 3 N–H and O–H groups in total. The molecular weight excluding hydrogens is 324 g/mol. The molecule has 0 unspecified atom stereocenters. The van der Waals surface area contributed by atoms with Crippen LogP contribution >= 0.6 is 0 Å². The molecule has 3 heterocycles. The SMILES string of the molecule is CC#CC(=O)N[C@H]1CCCN(c2ncc(C(N)=O)c3c2=NC(=O)N=3)C1. The molecule has 0 aromatic carbocycles. The first-order valence-electron chi connectivity index (χ1n) is 7.78. The number of nitrogens with zero attached hydrogens (tertiary/aromatic N) is 4. The molecule has 128 valence electrons. The lowest BCUT2D eigenvalue weighted by molar-refractivity contribution is -0.116. The van der Waals surface area contributed by atoms with E-state index < -0.39 is 11.9 Å². The second-order valence-corrected chi connectivity index (χ2v) is 5.70. The topological polar surface area (TPSA) is 130 Å². The quantitative estimate of drug-likeness (QED) is 0.658. The maximum Gasteiger partial charge on any atom is 0.368 e. The second-order valence-electron chi connectivity index (χ2n) is 5.70. The van der Waals surface area contributed by atoms with E-state index in [-0.39, 0.29) is 28.2 Å². The Morgan fingerprint density at radius 2 is 2.12 bits per heavy atom. The largest absolute Gasteiger partial charge is 0.368 e. The lowest BCUT2D eigenvalue weighted by Crippen LogP contribution is -2.50. The maximum atomic E-state index is 11.7. The van der Waals surface area contributed by atoms with E-state index in [2.05, 4.69) is 32.1 Å². The highest BCUT2D eigenvalue weighted by Gasteiger charge is 2.26. The molecule has 0 aliphatic carbocycles. The van der Waals surface area contributed by atoms with Crippen LogP contribution in [-0.2, 0) is 4.79 Å². The van der Waals surface area contributed by atoms with Gasteiger partial charge in [0.1, 0.15) is 10.7 Å². The number of anilines is 1. The number of carbonyl (C=O) groups excluding carboxylic acids is 3. The second kappa shape index (κ2) is 6.68. The van der Waals surface area contributed by atoms with Gasteiger partial charge in [0.25, 0.3) is 11.8 Å². The monoisotopic (exact) mass is 340 g/mol. The van der Waals surface area contributed by atoms with Gasteiger partial charge in [-0.1, -0.05) is 5.92 Å². The van der Waals surface area contributed by atoms with Crippen molar-refractivity contribution in [3.8, 4) is 11.8 Å². The van der Waals surface area contributed by atoms with E-state index >= 15 is 0 Å². The van der Waals surface area contributed by atoms with Crippen molar-refractivity contribution in [2.45, 2.75) is 25.8 Å². The first kappa shape index (κ1) is 16.6. The van der Waals surface area contributed by atoms with Gasteiger partial charge in [0, 0.05) is 25.3 Å². The van der Waals surface area contributed by atoms with Crippen LogP contribution in [0.2, 0.25) is 0 Å². The van der Waals surface area contributed by atoms with Crippen LogP contribution in [-0.4, -0.2) is 42.0 Å². The number of hydrogen-bond donors (Lipinski definition) is 2. The van der Waals surface area contributed by atoms with E-state index in [1.165, 1.54) is 6.20 Å². The van der Waals surface area contributed by atoms with E-state index in [1.807, 2.05) is 4.90 Å². The van der Waals surface area contributed by atoms with Crippen LogP contribution in [0.5, 0.6) is 0 Å². The Morgan fingerprint density at radius 3 is 2.84 bits per heavy atom. The minimum Gasteiger partial charge on any atom is -0.365 e. The molecule has 1 aromatic heterocycles. The first-order chi connectivity index (χ1) is 12.0. The van der Waals surface area contributed by atoms with Crippen molar-refractivity contribution in [2.24, 2.45) is 15.7 Å². The summed E-state index contributed by atoms with van der Waals surface area (Å²) in [5, 5.41) is 3.26. The molecule has 25 heavy (non-hydrogen) atoms. The number of urea groups is 1. The van der Waals surface area contributed by atoms with Crippen LogP contribution in [0.1, 0.15) is 30.1 Å². The molecule has 1 saturated heterocycles. The van der Waals surface area contributed by atoms with Crippen molar-refractivity contribution in [1.29, 1.82) is 0 Å². The van der Waals surface area contributed by atoms with Crippen LogP contribution < -0.4 is 26.7 Å². The molecule has 9 nitrogen and oxygen atoms in total. The third-order valence-electron chi connectivity index (χ3n) is 3.98. The Kier molecular flexibility index (Phi) is 4.43. The van der Waals surface area contributed by atoms with E-state index in [4.69, 9.17) is 5.73 Å². The lowest BCUT2D eigenvalue weighted by atomic mass is 10.1. The summed E-state index contributed by atoms with van der Waals surface area (Å²) in [6.07, 6.45) is 2.94. The Labute approximate surface area is 143 Å². The Hall–Kier alpha value is -3.28. The van der Waals surface area contributed by atoms with Crippen LogP contribution in [0.4, 0.5) is 10.6 Å². The van der Waals surface area contributed by atoms with Gasteiger partial charge in [-0.3, -0.25) is 9.59 Å². The highest BCUT2D eigenvalue weighted by molar-refractivity contribution is 5.94. The summed E-state index contributed by atoms with van der Waals surface area (Å²) in [4.78, 5) is 48.5. The first-order valence-corrected chi connectivity index (χ1v) is 7.78. The standard InChI is InChI=1S/C16H16N6O3/c1-2-4-11(23)19-9-5-3-6-22(8-9)15-13-12(20-16(25)21-13)10(7-18-15)14(17)24/h7,9H,3,5-6,8H2,1H3,(H2,17,24)(H,19,23)/t9-/m0/s1. The summed E-state index contributed by atoms with van der Waals surface area (Å²) < 4.78 is 0. The van der Waals surface area contributed by atoms with Gasteiger partial charge in [-0.25, -0.2) is 9.78 Å². The molecule has 1 fully saturated rings. The zero-order chi connectivity index (χ0) is 18.0. The van der Waals surface area contributed by atoms with Crippen molar-refractivity contribution in [3.63, 3.8) is 0 Å². The molecule has 2 aliphatic rings. The molecule has 2 aliphatic heterocycles. The maximum absolute atomic E-state index is 11.7. The van der Waals surface area contributed by atoms with Crippen molar-refractivity contribution >= 4 is 23.7 Å². The van der Waals surface area contributed by atoms with Crippen LogP contribution in [0.3, 0.4) is 0 Å². The van der Waals surface area contributed by atoms with E-state index in [0.717, 1.165) is 12.8 Å². The van der Waals surface area contributed by atoms with Gasteiger partial charge in [0.2, 0.25) is 0 Å². The van der Waals surface area contributed by atoms with Crippen molar-refractivity contribution in [2.75, 3.05) is 18.0 Å². The van der Waals surface area contributed by atoms with Crippen molar-refractivity contribution in [1.82, 2.24) is 10.3 Å². The normalized spacial score (nSPS) is 18.4. The van der Waals surface area contributed by atoms with Crippen LogP contribution in [0, 0.1) is 11.8 Å². The summed E-state index contributed by atoms with van der Waals surface area (Å²) in [6, 6.07) is -0.781. The number of piperidine rings is 1. The highest BCUT2D eigenvalue weighted by Crippen LogP contribution is 2.15. The highest BCUT2D eigenvalue weighted by atomic mass is 16.2. The number of nitrogens with two attached hydrogens (primary N) is 1. The molecule has 3 rings (SSSR count). The zero-order valence-corrected chi connectivity index (χ0v) is 13.6. The Bertz CT molecular complexity index is 943. The summed E-state index contributed by atoms with van der Waals surface area (Å²) in [7, 11) is 0. The minimum absolute atomic E-state index is 0.0634. The van der Waals surface area contributed by atoms with Crippen LogP contribution in [0.15, 0.2) is 16.2 Å². The number of nitrogens with one attached hydrogen (secondary N) is 1. The molecule has 0 spiro atoms. The van der Waals surface area contributed by atoms with Gasteiger partial charge in [-0.15, -0.1) is 0 Å². The van der Waals surface area contributed by atoms with Gasteiger partial charge in [-0.05, 0) is 25.7 Å². The van der Waals surface area contributed by atoms with E-state index in [1.54, 1.807) is 6.92 Å². The molecule has 0 radical (unpaired) electrons. The minimum atomic E-state index is -0.717. The average Bonchev–Trinajstić information content (AvgIpc) is 2.95. The van der Waals surface area contributed by atoms with Gasteiger partial charge >= 0.3 is 6.03 Å². The summed E-state index contributed by atoms with van der Waals surface area (Å²) in [5.74, 6) is 4.42. The summed E-state index contributed by atoms with van der Waals surface area (Å²) >= 11 is 0. The number of pyridine rings is 1. The van der Waals surface area contributed by atoms with Gasteiger partial charge in [-0.2, -0.15) is 9.98 Å². The molecule has 0 bridgehead atoms. The van der Waals surface area contributed by atoms with Crippen molar-refractivity contribution in [3.05, 3.63) is 22.5 Å². The number of hydrogen-bond acceptors (Lipinski definition) is 5. The van der Waals surface area contributed by atoms with Gasteiger partial charge in [0.05, 0.1) is 5.56 Å². The molecular formula is C16H16N6O3. The number of aromatic nitrogens is 1. The molecule has 1 aromatic rings. The zero-order valence-electron chi connectivity index (χ0n) is 13.6. The number of fused-ring (bicyclic) bond motifs is 1. The van der Waals surface area contributed by atoms with Gasteiger partial charge < -0.3 is 16.0 Å². The molecule has 9 heteroatoms.